The van der Waals surface area contributed by atoms with Crippen LogP contribution in [0.15, 0.2) is 182 Å². The number of rotatable bonds is 7. The molecule has 0 aliphatic carbocycles. The van der Waals surface area contributed by atoms with Gasteiger partial charge in [-0.15, -0.1) is 0 Å². The van der Waals surface area contributed by atoms with E-state index in [0.29, 0.717) is 5.56 Å². The molecule has 1 fully saturated rings. The van der Waals surface area contributed by atoms with Crippen LogP contribution in [0.25, 0.3) is 0 Å². The third kappa shape index (κ3) is 5.11. The summed E-state index contributed by atoms with van der Waals surface area (Å²) in [5.74, 6) is 1.65. The molecular formula is C46H35N5O. The Labute approximate surface area is 303 Å². The van der Waals surface area contributed by atoms with E-state index in [2.05, 4.69) is 161 Å². The van der Waals surface area contributed by atoms with E-state index in [1.807, 2.05) is 48.5 Å². The minimum Gasteiger partial charge on any atom is -0.456 e. The molecule has 2 aliphatic rings. The Morgan fingerprint density at radius 2 is 1.08 bits per heavy atom. The van der Waals surface area contributed by atoms with Crippen LogP contribution < -0.4 is 25.8 Å². The molecule has 7 aromatic carbocycles. The lowest BCUT2D eigenvalue weighted by atomic mass is 9.63. The number of benzene rings is 7. The summed E-state index contributed by atoms with van der Waals surface area (Å²) in [5.41, 5.74) is 16.5. The number of anilines is 3. The molecular weight excluding hydrogens is 639 g/mol. The second-order valence-electron chi connectivity index (χ2n) is 13.0. The number of para-hydroxylation sites is 5. The summed E-state index contributed by atoms with van der Waals surface area (Å²) in [5, 5.41) is 13.4. The molecule has 0 amide bonds. The molecule has 52 heavy (non-hydrogen) atoms. The van der Waals surface area contributed by atoms with E-state index in [9.17, 15) is 5.26 Å². The Hall–Kier alpha value is -6.65. The van der Waals surface area contributed by atoms with Gasteiger partial charge in [-0.3, -0.25) is 0 Å². The Balaban J connectivity index is 1.23. The van der Waals surface area contributed by atoms with E-state index >= 15 is 0 Å². The van der Waals surface area contributed by atoms with Crippen LogP contribution in [0, 0.1) is 11.3 Å². The SMILES string of the molecule is N#Cc1ccccc1Nc1ccccc1C1NNC(c2cccc3c2Oc2ccccc2C3(c2ccccc2)c2ccccc2)N1c1ccccc1. The number of nitrogens with one attached hydrogen (secondary N) is 3. The van der Waals surface area contributed by atoms with Crippen LogP contribution in [0.1, 0.15) is 51.3 Å². The quantitative estimate of drug-likeness (QED) is 0.156. The Morgan fingerprint density at radius 3 is 1.79 bits per heavy atom. The highest BCUT2D eigenvalue weighted by molar-refractivity contribution is 5.73. The lowest BCUT2D eigenvalue weighted by molar-refractivity contribution is 0.419. The Bertz CT molecular complexity index is 2370. The van der Waals surface area contributed by atoms with Gasteiger partial charge in [-0.05, 0) is 47.5 Å². The molecule has 2 aliphatic heterocycles. The largest absolute Gasteiger partial charge is 0.456 e. The third-order valence-corrected chi connectivity index (χ3v) is 10.2. The first-order chi connectivity index (χ1) is 25.8. The summed E-state index contributed by atoms with van der Waals surface area (Å²) in [7, 11) is 0. The number of hydrogen-bond acceptors (Lipinski definition) is 6. The highest BCUT2D eigenvalue weighted by Gasteiger charge is 2.47. The smallest absolute Gasteiger partial charge is 0.138 e. The second kappa shape index (κ2) is 13.2. The third-order valence-electron chi connectivity index (χ3n) is 10.2. The van der Waals surface area contributed by atoms with Crippen molar-refractivity contribution in [1.82, 2.24) is 10.9 Å². The van der Waals surface area contributed by atoms with E-state index in [1.54, 1.807) is 0 Å². The zero-order valence-electron chi connectivity index (χ0n) is 28.3. The first-order valence-electron chi connectivity index (χ1n) is 17.5. The fourth-order valence-corrected chi connectivity index (χ4v) is 7.95. The van der Waals surface area contributed by atoms with Crippen molar-refractivity contribution in [2.24, 2.45) is 0 Å². The lowest BCUT2D eigenvalue weighted by Gasteiger charge is -2.43. The lowest BCUT2D eigenvalue weighted by Crippen LogP contribution is -2.36. The zero-order chi connectivity index (χ0) is 34.9. The molecule has 2 heterocycles. The van der Waals surface area contributed by atoms with Crippen LogP contribution in [-0.4, -0.2) is 0 Å². The number of fused-ring (bicyclic) bond motifs is 2. The maximum Gasteiger partial charge on any atom is 0.138 e. The van der Waals surface area contributed by atoms with Gasteiger partial charge in [0.2, 0.25) is 0 Å². The summed E-state index contributed by atoms with van der Waals surface area (Å²) in [6.45, 7) is 0. The monoisotopic (exact) mass is 673 g/mol. The topological polar surface area (TPSA) is 72.3 Å². The molecule has 0 aromatic heterocycles. The summed E-state index contributed by atoms with van der Waals surface area (Å²) in [6.07, 6.45) is -0.610. The van der Waals surface area contributed by atoms with Gasteiger partial charge >= 0.3 is 0 Å². The van der Waals surface area contributed by atoms with Gasteiger partial charge in [-0.1, -0.05) is 146 Å². The predicted molar refractivity (Wildman–Crippen MR) is 206 cm³/mol. The van der Waals surface area contributed by atoms with E-state index < -0.39 is 5.41 Å². The number of ether oxygens (including phenoxy) is 1. The molecule has 2 unspecified atom stereocenters. The fourth-order valence-electron chi connectivity index (χ4n) is 7.95. The summed E-state index contributed by atoms with van der Waals surface area (Å²) < 4.78 is 7.04. The maximum absolute atomic E-state index is 9.84. The van der Waals surface area contributed by atoms with Crippen LogP contribution >= 0.6 is 0 Å². The predicted octanol–water partition coefficient (Wildman–Crippen LogP) is 10.1. The van der Waals surface area contributed by atoms with Crippen LogP contribution in [0.2, 0.25) is 0 Å². The van der Waals surface area contributed by atoms with Gasteiger partial charge in [-0.25, -0.2) is 10.9 Å². The van der Waals surface area contributed by atoms with Crippen molar-refractivity contribution in [3.8, 4) is 17.6 Å². The van der Waals surface area contributed by atoms with Gasteiger partial charge in [0.15, 0.2) is 0 Å². The van der Waals surface area contributed by atoms with Crippen LogP contribution in [0.3, 0.4) is 0 Å². The van der Waals surface area contributed by atoms with Crippen LogP contribution in [-0.2, 0) is 5.41 Å². The van der Waals surface area contributed by atoms with Crippen molar-refractivity contribution in [1.29, 1.82) is 5.26 Å². The van der Waals surface area contributed by atoms with Crippen molar-refractivity contribution in [3.63, 3.8) is 0 Å². The summed E-state index contributed by atoms with van der Waals surface area (Å²) in [4.78, 5) is 2.36. The Kier molecular flexibility index (Phi) is 7.98. The van der Waals surface area contributed by atoms with E-state index in [0.717, 1.165) is 50.8 Å². The molecule has 1 saturated heterocycles. The minimum absolute atomic E-state index is 0.287. The average molecular weight is 674 g/mol. The first-order valence-corrected chi connectivity index (χ1v) is 17.5. The first kappa shape index (κ1) is 31.3. The van der Waals surface area contributed by atoms with Crippen molar-refractivity contribution < 1.29 is 4.74 Å². The van der Waals surface area contributed by atoms with Crippen LogP contribution in [0.4, 0.5) is 17.1 Å². The molecule has 250 valence electrons. The molecule has 2 atom stereocenters. The van der Waals surface area contributed by atoms with E-state index in [4.69, 9.17) is 4.74 Å². The van der Waals surface area contributed by atoms with Crippen molar-refractivity contribution in [2.45, 2.75) is 17.7 Å². The minimum atomic E-state index is -0.629. The van der Waals surface area contributed by atoms with Crippen molar-refractivity contribution in [3.05, 3.63) is 221 Å². The highest BCUT2D eigenvalue weighted by Crippen LogP contribution is 2.57. The van der Waals surface area contributed by atoms with Crippen molar-refractivity contribution >= 4 is 17.1 Å². The molecule has 6 heteroatoms. The highest BCUT2D eigenvalue weighted by atomic mass is 16.5. The second-order valence-corrected chi connectivity index (χ2v) is 13.0. The molecule has 3 N–H and O–H groups in total. The zero-order valence-corrected chi connectivity index (χ0v) is 28.3. The number of hydrogen-bond donors (Lipinski definition) is 3. The molecule has 0 bridgehead atoms. The fraction of sp³-hybridized carbons (Fsp3) is 0.0652. The van der Waals surface area contributed by atoms with Gasteiger partial charge in [-0.2, -0.15) is 5.26 Å². The van der Waals surface area contributed by atoms with Gasteiger partial charge < -0.3 is 15.0 Å². The normalized spacial score (nSPS) is 16.9. The molecule has 9 rings (SSSR count). The summed E-state index contributed by atoms with van der Waals surface area (Å²) >= 11 is 0. The average Bonchev–Trinajstić information content (AvgIpc) is 3.66. The van der Waals surface area contributed by atoms with Crippen LogP contribution in [0.5, 0.6) is 11.5 Å². The molecule has 0 spiro atoms. The summed E-state index contributed by atoms with van der Waals surface area (Å²) in [6, 6.07) is 65.1. The molecule has 0 saturated carbocycles. The molecule has 7 aromatic rings. The Morgan fingerprint density at radius 1 is 0.538 bits per heavy atom. The number of nitriles is 1. The molecule has 6 nitrogen and oxygen atoms in total. The standard InChI is InChI=1S/C46H35N5O/c47-31-32-17-10-13-28-40(32)48-41-29-14-11-24-36(41)44-49-50-45(51(44)35-22-8-3-9-23-35)37-25-16-27-39-43(37)52-42-30-15-12-26-38(42)46(39,33-18-4-1-5-19-33)34-20-6-2-7-21-34/h1-30,44-45,48-50H. The van der Waals surface area contributed by atoms with Gasteiger partial charge in [0.1, 0.15) is 29.9 Å². The van der Waals surface area contributed by atoms with Gasteiger partial charge in [0.05, 0.1) is 16.7 Å². The maximum atomic E-state index is 9.84. The van der Waals surface area contributed by atoms with Gasteiger partial charge in [0.25, 0.3) is 0 Å². The van der Waals surface area contributed by atoms with E-state index in [-0.39, 0.29) is 12.3 Å². The molecule has 0 radical (unpaired) electrons. The number of hydrazine groups is 1. The van der Waals surface area contributed by atoms with E-state index in [1.165, 1.54) is 11.1 Å². The number of nitrogens with zero attached hydrogens (tertiary/aromatic N) is 2. The van der Waals surface area contributed by atoms with Gasteiger partial charge in [0, 0.05) is 33.6 Å². The van der Waals surface area contributed by atoms with Crippen molar-refractivity contribution in [2.75, 3.05) is 10.2 Å².